The first-order chi connectivity index (χ1) is 8.46. The summed E-state index contributed by atoms with van der Waals surface area (Å²) in [6, 6.07) is 1.53. The Morgan fingerprint density at radius 1 is 1.56 bits per heavy atom. The molecule has 102 valence electrons. The molecule has 18 heavy (non-hydrogen) atoms. The summed E-state index contributed by atoms with van der Waals surface area (Å²) < 4.78 is 27.8. The first-order valence-corrected chi connectivity index (χ1v) is 7.59. The van der Waals surface area contributed by atoms with Gasteiger partial charge in [-0.15, -0.1) is 0 Å². The Balaban J connectivity index is 2.24. The fraction of sp³-hybridized carbons (Fsp3) is 0.727. The predicted octanol–water partition coefficient (Wildman–Crippen LogP) is 0.0255. The third-order valence-corrected chi connectivity index (χ3v) is 5.70. The largest absolute Gasteiger partial charge is 0.330 e. The SMILES string of the molecule is CC1CCN(S(=O)(=O)c2ccnn2C)CC1CN. The Morgan fingerprint density at radius 2 is 2.28 bits per heavy atom. The molecule has 2 N–H and O–H groups in total. The van der Waals surface area contributed by atoms with Crippen LogP contribution in [0.25, 0.3) is 0 Å². The minimum absolute atomic E-state index is 0.238. The van der Waals surface area contributed by atoms with Gasteiger partial charge in [0.15, 0.2) is 5.03 Å². The van der Waals surface area contributed by atoms with E-state index in [4.69, 9.17) is 5.73 Å². The van der Waals surface area contributed by atoms with Crippen LogP contribution in [0.5, 0.6) is 0 Å². The van der Waals surface area contributed by atoms with Crippen molar-refractivity contribution in [3.05, 3.63) is 12.3 Å². The second-order valence-corrected chi connectivity index (χ2v) is 6.80. The van der Waals surface area contributed by atoms with Gasteiger partial charge in [-0.1, -0.05) is 6.92 Å². The number of nitrogens with zero attached hydrogens (tertiary/aromatic N) is 3. The van der Waals surface area contributed by atoms with E-state index in [1.165, 1.54) is 21.3 Å². The standard InChI is InChI=1S/C11H20N4O2S/c1-9-4-6-15(8-10(9)7-12)18(16,17)11-3-5-13-14(11)2/h3,5,9-10H,4,6-8,12H2,1-2H3. The maximum Gasteiger partial charge on any atom is 0.260 e. The van der Waals surface area contributed by atoms with E-state index in [0.29, 0.717) is 25.6 Å². The summed E-state index contributed by atoms with van der Waals surface area (Å²) in [5.74, 6) is 0.717. The summed E-state index contributed by atoms with van der Waals surface area (Å²) in [6.07, 6.45) is 2.36. The van der Waals surface area contributed by atoms with Crippen LogP contribution in [0.2, 0.25) is 0 Å². The third-order valence-electron chi connectivity index (χ3n) is 3.76. The Hall–Kier alpha value is -0.920. The zero-order valence-electron chi connectivity index (χ0n) is 10.8. The lowest BCUT2D eigenvalue weighted by molar-refractivity contribution is 0.202. The quantitative estimate of drug-likeness (QED) is 0.841. The van der Waals surface area contributed by atoms with E-state index in [2.05, 4.69) is 12.0 Å². The van der Waals surface area contributed by atoms with Crippen molar-refractivity contribution in [3.8, 4) is 0 Å². The summed E-state index contributed by atoms with van der Waals surface area (Å²) >= 11 is 0. The van der Waals surface area contributed by atoms with Crippen LogP contribution in [-0.4, -0.2) is 42.1 Å². The molecule has 1 aliphatic rings. The van der Waals surface area contributed by atoms with Crippen LogP contribution in [0.3, 0.4) is 0 Å². The highest BCUT2D eigenvalue weighted by molar-refractivity contribution is 7.89. The van der Waals surface area contributed by atoms with Crippen LogP contribution in [-0.2, 0) is 17.1 Å². The van der Waals surface area contributed by atoms with Gasteiger partial charge in [-0.3, -0.25) is 4.68 Å². The molecule has 7 heteroatoms. The van der Waals surface area contributed by atoms with E-state index in [1.807, 2.05) is 0 Å². The molecule has 0 spiro atoms. The summed E-state index contributed by atoms with van der Waals surface area (Å²) in [5, 5.41) is 4.16. The molecule has 0 radical (unpaired) electrons. The van der Waals surface area contributed by atoms with E-state index in [0.717, 1.165) is 6.42 Å². The fourth-order valence-corrected chi connectivity index (χ4v) is 4.00. The van der Waals surface area contributed by atoms with Crippen LogP contribution in [0.15, 0.2) is 17.3 Å². The summed E-state index contributed by atoms with van der Waals surface area (Å²) in [7, 11) is -1.80. The van der Waals surface area contributed by atoms with Gasteiger partial charge in [0, 0.05) is 20.1 Å². The molecule has 0 aliphatic carbocycles. The number of piperidine rings is 1. The van der Waals surface area contributed by atoms with Crippen LogP contribution >= 0.6 is 0 Å². The average Bonchev–Trinajstić information content (AvgIpc) is 2.76. The number of sulfonamides is 1. The lowest BCUT2D eigenvalue weighted by Gasteiger charge is -2.35. The number of rotatable bonds is 3. The van der Waals surface area contributed by atoms with E-state index < -0.39 is 10.0 Å². The van der Waals surface area contributed by atoms with Gasteiger partial charge in [-0.05, 0) is 30.9 Å². The first kappa shape index (κ1) is 13.5. The molecule has 2 rings (SSSR count). The maximum absolute atomic E-state index is 12.5. The number of hydrogen-bond acceptors (Lipinski definition) is 4. The fourth-order valence-electron chi connectivity index (χ4n) is 2.39. The molecule has 1 fully saturated rings. The second-order valence-electron chi connectivity index (χ2n) is 4.92. The lowest BCUT2D eigenvalue weighted by atomic mass is 9.88. The van der Waals surface area contributed by atoms with Crippen LogP contribution in [0, 0.1) is 11.8 Å². The molecule has 1 saturated heterocycles. The Labute approximate surface area is 108 Å². The molecule has 1 aromatic heterocycles. The number of hydrogen-bond donors (Lipinski definition) is 1. The molecule has 2 atom stereocenters. The van der Waals surface area contributed by atoms with Gasteiger partial charge in [0.1, 0.15) is 0 Å². The molecule has 0 amide bonds. The highest BCUT2D eigenvalue weighted by Crippen LogP contribution is 2.26. The van der Waals surface area contributed by atoms with Crippen molar-refractivity contribution in [2.24, 2.45) is 24.6 Å². The molecule has 2 heterocycles. The Bertz CT molecular complexity index is 511. The van der Waals surface area contributed by atoms with Crippen molar-refractivity contribution in [1.82, 2.24) is 14.1 Å². The maximum atomic E-state index is 12.5. The number of aryl methyl sites for hydroxylation is 1. The summed E-state index contributed by atoms with van der Waals surface area (Å²) in [4.78, 5) is 0. The van der Waals surface area contributed by atoms with Gasteiger partial charge in [-0.25, -0.2) is 8.42 Å². The van der Waals surface area contributed by atoms with Gasteiger partial charge >= 0.3 is 0 Å². The minimum atomic E-state index is -3.44. The van der Waals surface area contributed by atoms with Crippen molar-refractivity contribution >= 4 is 10.0 Å². The van der Waals surface area contributed by atoms with Gasteiger partial charge in [0.2, 0.25) is 0 Å². The van der Waals surface area contributed by atoms with Gasteiger partial charge in [0.25, 0.3) is 10.0 Å². The monoisotopic (exact) mass is 272 g/mol. The first-order valence-electron chi connectivity index (χ1n) is 6.15. The van der Waals surface area contributed by atoms with Crippen molar-refractivity contribution in [3.63, 3.8) is 0 Å². The van der Waals surface area contributed by atoms with Gasteiger partial charge in [0.05, 0.1) is 6.20 Å². The van der Waals surface area contributed by atoms with E-state index >= 15 is 0 Å². The van der Waals surface area contributed by atoms with Crippen LogP contribution < -0.4 is 5.73 Å². The van der Waals surface area contributed by atoms with E-state index in [9.17, 15) is 8.42 Å². The Kier molecular flexibility index (Phi) is 3.74. The van der Waals surface area contributed by atoms with Crippen molar-refractivity contribution in [2.75, 3.05) is 19.6 Å². The predicted molar refractivity (Wildman–Crippen MR) is 68.3 cm³/mol. The van der Waals surface area contributed by atoms with E-state index in [1.54, 1.807) is 7.05 Å². The van der Waals surface area contributed by atoms with Crippen molar-refractivity contribution < 1.29 is 8.42 Å². The minimum Gasteiger partial charge on any atom is -0.330 e. The van der Waals surface area contributed by atoms with E-state index in [-0.39, 0.29) is 10.9 Å². The second kappa shape index (κ2) is 4.99. The summed E-state index contributed by atoms with van der Waals surface area (Å²) in [6.45, 7) is 3.72. The molecular formula is C11H20N4O2S. The molecule has 2 unspecified atom stereocenters. The van der Waals surface area contributed by atoms with Crippen molar-refractivity contribution in [1.29, 1.82) is 0 Å². The zero-order valence-corrected chi connectivity index (χ0v) is 11.6. The topological polar surface area (TPSA) is 81.2 Å². The van der Waals surface area contributed by atoms with Crippen LogP contribution in [0.1, 0.15) is 13.3 Å². The van der Waals surface area contributed by atoms with Crippen LogP contribution in [0.4, 0.5) is 0 Å². The molecule has 0 bridgehead atoms. The Morgan fingerprint density at radius 3 is 2.83 bits per heavy atom. The average molecular weight is 272 g/mol. The normalized spacial score (nSPS) is 26.4. The third kappa shape index (κ3) is 2.30. The van der Waals surface area contributed by atoms with Crippen molar-refractivity contribution in [2.45, 2.75) is 18.4 Å². The molecule has 1 aromatic rings. The van der Waals surface area contributed by atoms with Gasteiger partial charge in [-0.2, -0.15) is 9.40 Å². The highest BCUT2D eigenvalue weighted by atomic mass is 32.2. The van der Waals surface area contributed by atoms with Gasteiger partial charge < -0.3 is 5.73 Å². The number of aromatic nitrogens is 2. The lowest BCUT2D eigenvalue weighted by Crippen LogP contribution is -2.45. The molecule has 0 saturated carbocycles. The molecule has 0 aromatic carbocycles. The molecular weight excluding hydrogens is 252 g/mol. The highest BCUT2D eigenvalue weighted by Gasteiger charge is 2.34. The molecule has 1 aliphatic heterocycles. The smallest absolute Gasteiger partial charge is 0.260 e. The number of nitrogens with two attached hydrogens (primary N) is 1. The molecule has 6 nitrogen and oxygen atoms in total. The zero-order chi connectivity index (χ0) is 13.3. The summed E-state index contributed by atoms with van der Waals surface area (Å²) in [5.41, 5.74) is 5.71.